The Morgan fingerprint density at radius 3 is 2.00 bits per heavy atom. The molecule has 0 radical (unpaired) electrons. The molecule has 1 aromatic rings. The third-order valence-corrected chi connectivity index (χ3v) is 2.81. The molecule has 5 heteroatoms. The molecule has 1 aromatic carbocycles. The average molecular weight is 221 g/mol. The van der Waals surface area contributed by atoms with Crippen molar-refractivity contribution in [2.75, 3.05) is 0 Å². The summed E-state index contributed by atoms with van der Waals surface area (Å²) in [4.78, 5) is 0. The summed E-state index contributed by atoms with van der Waals surface area (Å²) in [6.45, 7) is 0. The molecule has 0 aliphatic carbocycles. The molecule has 0 spiro atoms. The second-order valence-electron chi connectivity index (χ2n) is 2.12. The van der Waals surface area contributed by atoms with Crippen molar-refractivity contribution in [1.82, 2.24) is 0 Å². The summed E-state index contributed by atoms with van der Waals surface area (Å²) in [5.41, 5.74) is 0. The van der Waals surface area contributed by atoms with Crippen LogP contribution in [0.25, 0.3) is 0 Å². The van der Waals surface area contributed by atoms with Crippen LogP contribution in [0.15, 0.2) is 6.07 Å². The maximum absolute atomic E-state index is 12.4. The molecular formula is C6H3F4Ga. The summed E-state index contributed by atoms with van der Waals surface area (Å²) in [6, 6.07) is 0.688. The van der Waals surface area contributed by atoms with E-state index in [1.54, 1.807) is 0 Å². The fourth-order valence-electron chi connectivity index (χ4n) is 0.691. The van der Waals surface area contributed by atoms with Gasteiger partial charge in [0, 0.05) is 0 Å². The molecule has 0 atom stereocenters. The SMILES string of the molecule is Fc1c[c]([GaH2])c(F)c(F)c1F. The van der Waals surface area contributed by atoms with Crippen LogP contribution in [0.4, 0.5) is 17.6 Å². The van der Waals surface area contributed by atoms with Gasteiger partial charge in [-0.25, -0.2) is 0 Å². The Morgan fingerprint density at radius 1 is 0.909 bits per heavy atom. The zero-order valence-electron chi connectivity index (χ0n) is 5.59. The molecule has 0 unspecified atom stereocenters. The van der Waals surface area contributed by atoms with E-state index in [0.717, 1.165) is 0 Å². The van der Waals surface area contributed by atoms with E-state index in [4.69, 9.17) is 0 Å². The minimum atomic E-state index is -1.74. The van der Waals surface area contributed by atoms with Gasteiger partial charge in [-0.15, -0.1) is 0 Å². The van der Waals surface area contributed by atoms with Crippen molar-refractivity contribution in [2.24, 2.45) is 0 Å². The molecule has 0 amide bonds. The summed E-state index contributed by atoms with van der Waals surface area (Å²) in [5.74, 6) is -6.04. The number of hydrogen-bond donors (Lipinski definition) is 0. The van der Waals surface area contributed by atoms with Crippen LogP contribution in [-0.2, 0) is 0 Å². The molecule has 0 N–H and O–H groups in total. The topological polar surface area (TPSA) is 0 Å². The van der Waals surface area contributed by atoms with Crippen molar-refractivity contribution in [3.8, 4) is 0 Å². The molecule has 0 heterocycles. The van der Waals surface area contributed by atoms with Crippen LogP contribution in [0.2, 0.25) is 0 Å². The van der Waals surface area contributed by atoms with Gasteiger partial charge in [-0.2, -0.15) is 0 Å². The summed E-state index contributed by atoms with van der Waals surface area (Å²) < 4.78 is 49.1. The van der Waals surface area contributed by atoms with Gasteiger partial charge in [-0.1, -0.05) is 0 Å². The van der Waals surface area contributed by atoms with Gasteiger partial charge in [-0.3, -0.25) is 0 Å². The summed E-state index contributed by atoms with van der Waals surface area (Å²) in [6.07, 6.45) is 0. The number of rotatable bonds is 0. The zero-order chi connectivity index (χ0) is 8.59. The second kappa shape index (κ2) is 2.90. The minimum absolute atomic E-state index is 0.0612. The van der Waals surface area contributed by atoms with E-state index in [1.165, 1.54) is 0 Å². The molecule has 0 saturated heterocycles. The zero-order valence-corrected chi connectivity index (χ0v) is 9.79. The standard InChI is InChI=1S/C6HF4.Ga.2H/c7-3-1-2-4(8)6(10)5(3)9;;;/h1H;;;. The number of halogens is 4. The summed E-state index contributed by atoms with van der Waals surface area (Å²) in [7, 11) is 0. The van der Waals surface area contributed by atoms with Gasteiger partial charge in [0.05, 0.1) is 0 Å². The van der Waals surface area contributed by atoms with Gasteiger partial charge in [0.2, 0.25) is 0 Å². The fourth-order valence-corrected chi connectivity index (χ4v) is 1.68. The van der Waals surface area contributed by atoms with E-state index in [-0.39, 0.29) is 22.7 Å². The van der Waals surface area contributed by atoms with Crippen LogP contribution < -0.4 is 4.12 Å². The van der Waals surface area contributed by atoms with Crippen molar-refractivity contribution < 1.29 is 17.6 Å². The van der Waals surface area contributed by atoms with E-state index < -0.39 is 23.3 Å². The predicted molar refractivity (Wildman–Crippen MR) is 34.5 cm³/mol. The van der Waals surface area contributed by atoms with Gasteiger partial charge in [0.15, 0.2) is 0 Å². The maximum atomic E-state index is 12.4. The summed E-state index contributed by atoms with van der Waals surface area (Å²) >= 11 is -0.202. The predicted octanol–water partition coefficient (Wildman–Crippen LogP) is 0.501. The van der Waals surface area contributed by atoms with Crippen LogP contribution in [0, 0.1) is 23.3 Å². The Morgan fingerprint density at radius 2 is 1.45 bits per heavy atom. The fraction of sp³-hybridized carbons (Fsp3) is 0. The molecule has 1 rings (SSSR count). The van der Waals surface area contributed by atoms with Crippen LogP contribution in [-0.4, -0.2) is 18.6 Å². The average Bonchev–Trinajstić information content (AvgIpc) is 1.97. The molecule has 0 bridgehead atoms. The Kier molecular flexibility index (Phi) is 2.29. The van der Waals surface area contributed by atoms with E-state index in [2.05, 4.69) is 0 Å². The number of benzene rings is 1. The Bertz CT molecular complexity index is 271. The Labute approximate surface area is 70.1 Å². The first-order valence-corrected chi connectivity index (χ1v) is 4.93. The monoisotopic (exact) mass is 220 g/mol. The first-order chi connectivity index (χ1) is 5.04. The molecule has 0 aliphatic rings. The van der Waals surface area contributed by atoms with E-state index in [0.29, 0.717) is 6.07 Å². The normalized spacial score (nSPS) is 10.2. The van der Waals surface area contributed by atoms with Crippen molar-refractivity contribution in [3.05, 3.63) is 29.3 Å². The van der Waals surface area contributed by atoms with Gasteiger partial charge < -0.3 is 0 Å². The van der Waals surface area contributed by atoms with Crippen molar-refractivity contribution >= 4 is 22.7 Å². The molecule has 58 valence electrons. The first kappa shape index (κ1) is 8.67. The van der Waals surface area contributed by atoms with Crippen molar-refractivity contribution in [3.63, 3.8) is 0 Å². The van der Waals surface area contributed by atoms with Crippen LogP contribution >= 0.6 is 0 Å². The molecule has 0 fully saturated rings. The van der Waals surface area contributed by atoms with E-state index >= 15 is 0 Å². The van der Waals surface area contributed by atoms with E-state index in [9.17, 15) is 17.6 Å². The van der Waals surface area contributed by atoms with Gasteiger partial charge in [0.25, 0.3) is 0 Å². The quantitative estimate of drug-likeness (QED) is 0.259. The molecule has 11 heavy (non-hydrogen) atoms. The van der Waals surface area contributed by atoms with Gasteiger partial charge in [-0.05, 0) is 0 Å². The van der Waals surface area contributed by atoms with Crippen LogP contribution in [0.5, 0.6) is 0 Å². The molecule has 0 saturated carbocycles. The number of hydrogen-bond acceptors (Lipinski definition) is 0. The van der Waals surface area contributed by atoms with Crippen LogP contribution in [0.3, 0.4) is 0 Å². The second-order valence-corrected chi connectivity index (χ2v) is 4.38. The van der Waals surface area contributed by atoms with Gasteiger partial charge in [0.1, 0.15) is 0 Å². The third-order valence-electron chi connectivity index (χ3n) is 1.28. The first-order valence-electron chi connectivity index (χ1n) is 2.83. The Hall–Kier alpha value is -0.424. The van der Waals surface area contributed by atoms with E-state index in [1.807, 2.05) is 0 Å². The third kappa shape index (κ3) is 1.43. The molecule has 0 nitrogen and oxygen atoms in total. The van der Waals surface area contributed by atoms with Gasteiger partial charge >= 0.3 is 69.6 Å². The van der Waals surface area contributed by atoms with Crippen molar-refractivity contribution in [1.29, 1.82) is 0 Å². The molecule has 0 aliphatic heterocycles. The Balaban J connectivity index is 3.46. The summed E-state index contributed by atoms with van der Waals surface area (Å²) in [5, 5.41) is 0. The molecular weight excluding hydrogens is 218 g/mol. The molecule has 0 aromatic heterocycles. The van der Waals surface area contributed by atoms with Crippen LogP contribution in [0.1, 0.15) is 0 Å². The van der Waals surface area contributed by atoms with Crippen molar-refractivity contribution in [2.45, 2.75) is 0 Å².